The first kappa shape index (κ1) is 20.1. The van der Waals surface area contributed by atoms with E-state index in [4.69, 9.17) is 0 Å². The van der Waals surface area contributed by atoms with Crippen LogP contribution in [0.2, 0.25) is 0 Å². The Morgan fingerprint density at radius 2 is 1.70 bits per heavy atom. The average Bonchev–Trinajstić information content (AvgIpc) is 3.21. The molecule has 150 valence electrons. The molecule has 0 saturated heterocycles. The van der Waals surface area contributed by atoms with E-state index in [9.17, 15) is 9.59 Å². The van der Waals surface area contributed by atoms with E-state index in [2.05, 4.69) is 20.8 Å². The van der Waals surface area contributed by atoms with Gasteiger partial charge in [-0.15, -0.1) is 10.2 Å². The van der Waals surface area contributed by atoms with Crippen LogP contribution < -0.4 is 10.6 Å². The molecule has 0 aliphatic heterocycles. The Hall–Kier alpha value is -3.23. The van der Waals surface area contributed by atoms with E-state index in [1.54, 1.807) is 6.07 Å². The Labute approximate surface area is 181 Å². The molecule has 0 bridgehead atoms. The normalized spacial score (nSPS) is 10.7. The van der Waals surface area contributed by atoms with Crippen LogP contribution in [0.3, 0.4) is 0 Å². The van der Waals surface area contributed by atoms with Crippen LogP contribution in [-0.2, 0) is 4.79 Å². The lowest BCUT2D eigenvalue weighted by Gasteiger charge is -2.06. The molecule has 0 radical (unpaired) electrons. The number of para-hydroxylation sites is 1. The van der Waals surface area contributed by atoms with Crippen LogP contribution in [0.25, 0.3) is 10.8 Å². The molecule has 4 aromatic rings. The molecule has 30 heavy (non-hydrogen) atoms. The molecule has 3 aromatic carbocycles. The summed E-state index contributed by atoms with van der Waals surface area (Å²) in [5.41, 5.74) is 2.35. The molecule has 0 aliphatic carbocycles. The summed E-state index contributed by atoms with van der Waals surface area (Å²) in [7, 11) is 0. The van der Waals surface area contributed by atoms with E-state index < -0.39 is 0 Å². The number of fused-ring (bicyclic) bond motifs is 1. The zero-order chi connectivity index (χ0) is 20.9. The van der Waals surface area contributed by atoms with Crippen LogP contribution in [0.1, 0.15) is 15.9 Å². The Balaban J connectivity index is 1.33. The highest BCUT2D eigenvalue weighted by Crippen LogP contribution is 2.26. The third-order valence-electron chi connectivity index (χ3n) is 4.38. The van der Waals surface area contributed by atoms with Crippen LogP contribution >= 0.6 is 23.1 Å². The molecule has 2 N–H and O–H groups in total. The van der Waals surface area contributed by atoms with Gasteiger partial charge in [-0.1, -0.05) is 71.6 Å². The van der Waals surface area contributed by atoms with Crippen LogP contribution in [0.15, 0.2) is 71.1 Å². The highest BCUT2D eigenvalue weighted by molar-refractivity contribution is 8.01. The number of rotatable bonds is 6. The third-order valence-corrected chi connectivity index (χ3v) is 6.36. The lowest BCUT2D eigenvalue weighted by atomic mass is 10.1. The van der Waals surface area contributed by atoms with Gasteiger partial charge in [0.15, 0.2) is 4.34 Å². The quantitative estimate of drug-likeness (QED) is 0.330. The molecular weight excluding hydrogens is 416 g/mol. The van der Waals surface area contributed by atoms with Crippen molar-refractivity contribution in [1.82, 2.24) is 10.2 Å². The molecule has 6 nitrogen and oxygen atoms in total. The van der Waals surface area contributed by atoms with Crippen molar-refractivity contribution < 1.29 is 9.59 Å². The van der Waals surface area contributed by atoms with Crippen molar-refractivity contribution in [2.24, 2.45) is 0 Å². The number of benzene rings is 3. The summed E-state index contributed by atoms with van der Waals surface area (Å²) in [5, 5.41) is 16.2. The molecular formula is C22H18N4O2S2. The summed E-state index contributed by atoms with van der Waals surface area (Å²) >= 11 is 2.52. The second kappa shape index (κ2) is 9.06. The molecule has 2 amide bonds. The maximum atomic E-state index is 12.5. The summed E-state index contributed by atoms with van der Waals surface area (Å²) in [4.78, 5) is 24.7. The second-order valence-corrected chi connectivity index (χ2v) is 8.74. The fraction of sp³-hybridized carbons (Fsp3) is 0.0909. The molecule has 0 atom stereocenters. The molecule has 0 unspecified atom stereocenters. The topological polar surface area (TPSA) is 84.0 Å². The zero-order valence-electron chi connectivity index (χ0n) is 16.1. The van der Waals surface area contributed by atoms with Gasteiger partial charge in [0.05, 0.1) is 5.75 Å². The first-order valence-corrected chi connectivity index (χ1v) is 11.0. The van der Waals surface area contributed by atoms with Crippen molar-refractivity contribution >= 4 is 56.5 Å². The lowest BCUT2D eigenvalue weighted by molar-refractivity contribution is -0.113. The van der Waals surface area contributed by atoms with Crippen molar-refractivity contribution in [3.63, 3.8) is 0 Å². The van der Waals surface area contributed by atoms with Crippen LogP contribution in [0, 0.1) is 6.92 Å². The number of thioether (sulfide) groups is 1. The smallest absolute Gasteiger partial charge is 0.257 e. The molecule has 4 rings (SSSR count). The minimum absolute atomic E-state index is 0.119. The largest absolute Gasteiger partial charge is 0.325 e. The summed E-state index contributed by atoms with van der Waals surface area (Å²) < 4.78 is 0.615. The van der Waals surface area contributed by atoms with Crippen molar-refractivity contribution in [2.75, 3.05) is 16.4 Å². The molecule has 0 spiro atoms. The number of hydrogen-bond acceptors (Lipinski definition) is 6. The lowest BCUT2D eigenvalue weighted by Crippen LogP contribution is -2.14. The predicted molar refractivity (Wildman–Crippen MR) is 122 cm³/mol. The van der Waals surface area contributed by atoms with Gasteiger partial charge in [0, 0.05) is 11.3 Å². The molecule has 0 aliphatic rings. The van der Waals surface area contributed by atoms with Crippen LogP contribution in [0.4, 0.5) is 10.8 Å². The third kappa shape index (κ3) is 4.84. The zero-order valence-corrected chi connectivity index (χ0v) is 17.7. The number of carbonyl (C=O) groups excluding carboxylic acids is 2. The van der Waals surface area contributed by atoms with E-state index >= 15 is 0 Å². The number of nitrogens with zero attached hydrogens (tertiary/aromatic N) is 2. The summed E-state index contributed by atoms with van der Waals surface area (Å²) in [6.45, 7) is 1.94. The van der Waals surface area contributed by atoms with Crippen molar-refractivity contribution in [2.45, 2.75) is 11.3 Å². The molecule has 1 aromatic heterocycles. The Morgan fingerprint density at radius 3 is 2.53 bits per heavy atom. The molecule has 0 fully saturated rings. The molecule has 8 heteroatoms. The van der Waals surface area contributed by atoms with Gasteiger partial charge in [-0.2, -0.15) is 0 Å². The number of anilines is 2. The Bertz CT molecular complexity index is 1220. The number of aryl methyl sites for hydroxylation is 1. The fourth-order valence-corrected chi connectivity index (χ4v) is 4.39. The minimum Gasteiger partial charge on any atom is -0.325 e. The van der Waals surface area contributed by atoms with Gasteiger partial charge in [-0.25, -0.2) is 0 Å². The Morgan fingerprint density at radius 1 is 0.933 bits per heavy atom. The second-order valence-electron chi connectivity index (χ2n) is 6.54. The predicted octanol–water partition coefficient (Wildman–Crippen LogP) is 4.98. The van der Waals surface area contributed by atoms with Gasteiger partial charge in [0.1, 0.15) is 0 Å². The number of hydrogen-bond donors (Lipinski definition) is 2. The molecule has 1 heterocycles. The molecule has 0 saturated carbocycles. The van der Waals surface area contributed by atoms with E-state index in [1.807, 2.05) is 67.6 Å². The Kier molecular flexibility index (Phi) is 6.06. The van der Waals surface area contributed by atoms with Gasteiger partial charge < -0.3 is 5.32 Å². The first-order valence-electron chi connectivity index (χ1n) is 9.20. The highest BCUT2D eigenvalue weighted by atomic mass is 32.2. The number of aromatic nitrogens is 2. The maximum Gasteiger partial charge on any atom is 0.257 e. The summed E-state index contributed by atoms with van der Waals surface area (Å²) in [6, 6.07) is 21.0. The number of carbonyl (C=O) groups is 2. The van der Waals surface area contributed by atoms with Gasteiger partial charge >= 0.3 is 0 Å². The van der Waals surface area contributed by atoms with Crippen LogP contribution in [-0.4, -0.2) is 27.8 Å². The van der Waals surface area contributed by atoms with E-state index in [0.717, 1.165) is 22.0 Å². The highest BCUT2D eigenvalue weighted by Gasteiger charge is 2.13. The van der Waals surface area contributed by atoms with Crippen LogP contribution in [0.5, 0.6) is 0 Å². The SMILES string of the molecule is Cc1ccccc1NC(=O)CSc1nnc(NC(=O)c2ccc3ccccc3c2)s1. The van der Waals surface area contributed by atoms with E-state index in [0.29, 0.717) is 15.0 Å². The average molecular weight is 435 g/mol. The van der Waals surface area contributed by atoms with E-state index in [1.165, 1.54) is 23.1 Å². The monoisotopic (exact) mass is 434 g/mol. The van der Waals surface area contributed by atoms with Crippen molar-refractivity contribution in [1.29, 1.82) is 0 Å². The van der Waals surface area contributed by atoms with Crippen molar-refractivity contribution in [3.05, 3.63) is 77.9 Å². The summed E-state index contributed by atoms with van der Waals surface area (Å²) in [6.07, 6.45) is 0. The standard InChI is InChI=1S/C22H18N4O2S2/c1-14-6-2-5-9-18(14)23-19(27)13-29-22-26-25-21(30-22)24-20(28)17-11-10-15-7-3-4-8-16(15)12-17/h2-12H,13H2,1H3,(H,23,27)(H,24,25,28). The van der Waals surface area contributed by atoms with Gasteiger partial charge in [0.2, 0.25) is 11.0 Å². The maximum absolute atomic E-state index is 12.5. The van der Waals surface area contributed by atoms with E-state index in [-0.39, 0.29) is 17.6 Å². The number of nitrogens with one attached hydrogen (secondary N) is 2. The summed E-state index contributed by atoms with van der Waals surface area (Å²) in [5.74, 6) is -0.154. The van der Waals surface area contributed by atoms with Gasteiger partial charge in [-0.05, 0) is 41.5 Å². The minimum atomic E-state index is -0.245. The first-order chi connectivity index (χ1) is 14.6. The van der Waals surface area contributed by atoms with Crippen molar-refractivity contribution in [3.8, 4) is 0 Å². The van der Waals surface area contributed by atoms with Gasteiger partial charge in [-0.3, -0.25) is 14.9 Å². The number of amides is 2. The van der Waals surface area contributed by atoms with Gasteiger partial charge in [0.25, 0.3) is 5.91 Å². The fourth-order valence-electron chi connectivity index (χ4n) is 2.85.